The van der Waals surface area contributed by atoms with E-state index < -0.39 is 0 Å². The molecular formula is C13H14ClN3O. The molecule has 1 unspecified atom stereocenters. The van der Waals surface area contributed by atoms with E-state index in [1.807, 2.05) is 19.2 Å². The van der Waals surface area contributed by atoms with Crippen molar-refractivity contribution in [1.29, 1.82) is 0 Å². The normalized spacial score (nSPS) is 12.1. The maximum absolute atomic E-state index is 11.8. The van der Waals surface area contributed by atoms with Crippen LogP contribution >= 0.6 is 11.6 Å². The second-order valence-corrected chi connectivity index (χ2v) is 4.53. The number of carbonyl (C=O) groups is 1. The Balaban J connectivity index is 1.91. The standard InChI is InChI=1S/C13H14ClN3O/c1-10(17-8-2-7-15-17)9-13(18)16-12-5-3-11(14)4-6-12/h2-8,10H,9H2,1H3,(H,16,18). The first-order chi connectivity index (χ1) is 8.65. The minimum atomic E-state index is -0.0414. The summed E-state index contributed by atoms with van der Waals surface area (Å²) in [5, 5.41) is 7.58. The lowest BCUT2D eigenvalue weighted by Gasteiger charge is -2.12. The SMILES string of the molecule is CC(CC(=O)Nc1ccc(Cl)cc1)n1cccn1. The molecule has 4 nitrogen and oxygen atoms in total. The maximum Gasteiger partial charge on any atom is 0.226 e. The largest absolute Gasteiger partial charge is 0.326 e. The minimum Gasteiger partial charge on any atom is -0.326 e. The maximum atomic E-state index is 11.8. The fraction of sp³-hybridized carbons (Fsp3) is 0.231. The van der Waals surface area contributed by atoms with Crippen LogP contribution < -0.4 is 5.32 Å². The van der Waals surface area contributed by atoms with Gasteiger partial charge >= 0.3 is 0 Å². The monoisotopic (exact) mass is 263 g/mol. The zero-order valence-electron chi connectivity index (χ0n) is 10.0. The Hall–Kier alpha value is -1.81. The Morgan fingerprint density at radius 2 is 2.17 bits per heavy atom. The molecule has 1 aromatic carbocycles. The number of halogens is 1. The Bertz CT molecular complexity index is 508. The Labute approximate surface area is 111 Å². The number of benzene rings is 1. The van der Waals surface area contributed by atoms with Gasteiger partial charge in [0.15, 0.2) is 0 Å². The van der Waals surface area contributed by atoms with Crippen LogP contribution in [-0.2, 0) is 4.79 Å². The van der Waals surface area contributed by atoms with Gasteiger partial charge in [0.1, 0.15) is 0 Å². The second-order valence-electron chi connectivity index (χ2n) is 4.09. The quantitative estimate of drug-likeness (QED) is 0.921. The van der Waals surface area contributed by atoms with Gasteiger partial charge in [-0.1, -0.05) is 11.6 Å². The van der Waals surface area contributed by atoms with Crippen molar-refractivity contribution in [2.45, 2.75) is 19.4 Å². The summed E-state index contributed by atoms with van der Waals surface area (Å²) in [4.78, 5) is 11.8. The molecule has 0 bridgehead atoms. The number of aromatic nitrogens is 2. The molecule has 94 valence electrons. The zero-order valence-corrected chi connectivity index (χ0v) is 10.8. The van der Waals surface area contributed by atoms with Gasteiger partial charge in [0.25, 0.3) is 0 Å². The van der Waals surface area contributed by atoms with Gasteiger partial charge in [-0.25, -0.2) is 0 Å². The number of nitrogens with zero attached hydrogens (tertiary/aromatic N) is 2. The van der Waals surface area contributed by atoms with Crippen molar-refractivity contribution in [3.8, 4) is 0 Å². The van der Waals surface area contributed by atoms with Crippen LogP contribution in [-0.4, -0.2) is 15.7 Å². The Morgan fingerprint density at radius 1 is 1.44 bits per heavy atom. The molecule has 0 aliphatic rings. The molecule has 5 heteroatoms. The summed E-state index contributed by atoms with van der Waals surface area (Å²) in [5.74, 6) is -0.0414. The van der Waals surface area contributed by atoms with Crippen LogP contribution in [0.5, 0.6) is 0 Å². The van der Waals surface area contributed by atoms with E-state index >= 15 is 0 Å². The van der Waals surface area contributed by atoms with Gasteiger partial charge < -0.3 is 5.32 Å². The third-order valence-corrected chi connectivity index (χ3v) is 2.84. The van der Waals surface area contributed by atoms with E-state index in [0.717, 1.165) is 5.69 Å². The smallest absolute Gasteiger partial charge is 0.226 e. The van der Waals surface area contributed by atoms with Crippen LogP contribution in [0.3, 0.4) is 0 Å². The third kappa shape index (κ3) is 3.34. The number of carbonyl (C=O) groups excluding carboxylic acids is 1. The van der Waals surface area contributed by atoms with E-state index in [4.69, 9.17) is 11.6 Å². The molecule has 1 amide bonds. The fourth-order valence-electron chi connectivity index (χ4n) is 1.65. The summed E-state index contributed by atoms with van der Waals surface area (Å²) >= 11 is 5.78. The molecule has 0 saturated carbocycles. The topological polar surface area (TPSA) is 46.9 Å². The third-order valence-electron chi connectivity index (χ3n) is 2.59. The molecule has 1 N–H and O–H groups in total. The summed E-state index contributed by atoms with van der Waals surface area (Å²) in [6.45, 7) is 1.95. The number of hydrogen-bond donors (Lipinski definition) is 1. The molecular weight excluding hydrogens is 250 g/mol. The van der Waals surface area contributed by atoms with Crippen LogP contribution in [0.4, 0.5) is 5.69 Å². The molecule has 2 aromatic rings. The molecule has 1 atom stereocenters. The van der Waals surface area contributed by atoms with Crippen molar-refractivity contribution in [2.24, 2.45) is 0 Å². The number of amides is 1. The lowest BCUT2D eigenvalue weighted by molar-refractivity contribution is -0.116. The number of hydrogen-bond acceptors (Lipinski definition) is 2. The van der Waals surface area contributed by atoms with Crippen LogP contribution in [0.1, 0.15) is 19.4 Å². The van der Waals surface area contributed by atoms with E-state index in [-0.39, 0.29) is 11.9 Å². The van der Waals surface area contributed by atoms with Crippen molar-refractivity contribution < 1.29 is 4.79 Å². The molecule has 0 spiro atoms. The van der Waals surface area contributed by atoms with Crippen LogP contribution in [0.15, 0.2) is 42.7 Å². The average Bonchev–Trinajstić information content (AvgIpc) is 2.85. The van der Waals surface area contributed by atoms with E-state index in [1.54, 1.807) is 35.1 Å². The summed E-state index contributed by atoms with van der Waals surface area (Å²) < 4.78 is 1.77. The van der Waals surface area contributed by atoms with Crippen molar-refractivity contribution in [3.63, 3.8) is 0 Å². The zero-order chi connectivity index (χ0) is 13.0. The molecule has 0 saturated heterocycles. The van der Waals surface area contributed by atoms with Crippen LogP contribution in [0.25, 0.3) is 0 Å². The van der Waals surface area contributed by atoms with Crippen molar-refractivity contribution >= 4 is 23.2 Å². The molecule has 0 fully saturated rings. The van der Waals surface area contributed by atoms with Gasteiger partial charge in [-0.3, -0.25) is 9.48 Å². The molecule has 0 radical (unpaired) electrons. The van der Waals surface area contributed by atoms with Crippen molar-refractivity contribution in [2.75, 3.05) is 5.32 Å². The lowest BCUT2D eigenvalue weighted by Crippen LogP contribution is -2.17. The van der Waals surface area contributed by atoms with Crippen LogP contribution in [0, 0.1) is 0 Å². The number of anilines is 1. The van der Waals surface area contributed by atoms with Gasteiger partial charge in [-0.05, 0) is 37.3 Å². The van der Waals surface area contributed by atoms with E-state index in [1.165, 1.54) is 0 Å². The molecule has 2 rings (SSSR count). The first kappa shape index (κ1) is 12.6. The van der Waals surface area contributed by atoms with Crippen molar-refractivity contribution in [1.82, 2.24) is 9.78 Å². The fourth-order valence-corrected chi connectivity index (χ4v) is 1.77. The van der Waals surface area contributed by atoms with Gasteiger partial charge in [-0.15, -0.1) is 0 Å². The summed E-state index contributed by atoms with van der Waals surface area (Å²) in [6.07, 6.45) is 3.93. The van der Waals surface area contributed by atoms with Gasteiger partial charge in [0.2, 0.25) is 5.91 Å². The Kier molecular flexibility index (Phi) is 3.99. The van der Waals surface area contributed by atoms with E-state index in [0.29, 0.717) is 11.4 Å². The van der Waals surface area contributed by atoms with E-state index in [9.17, 15) is 4.79 Å². The molecule has 1 heterocycles. The first-order valence-electron chi connectivity index (χ1n) is 5.69. The second kappa shape index (κ2) is 5.69. The summed E-state index contributed by atoms with van der Waals surface area (Å²) in [7, 11) is 0. The molecule has 0 aliphatic heterocycles. The predicted octanol–water partition coefficient (Wildman–Crippen LogP) is 3.13. The Morgan fingerprint density at radius 3 is 2.78 bits per heavy atom. The number of rotatable bonds is 4. The van der Waals surface area contributed by atoms with Gasteiger partial charge in [0, 0.05) is 29.5 Å². The summed E-state index contributed by atoms with van der Waals surface area (Å²) in [5.41, 5.74) is 0.747. The van der Waals surface area contributed by atoms with E-state index in [2.05, 4.69) is 10.4 Å². The molecule has 1 aromatic heterocycles. The lowest BCUT2D eigenvalue weighted by atomic mass is 10.2. The number of nitrogens with one attached hydrogen (secondary N) is 1. The highest BCUT2D eigenvalue weighted by molar-refractivity contribution is 6.30. The highest BCUT2D eigenvalue weighted by atomic mass is 35.5. The van der Waals surface area contributed by atoms with Crippen molar-refractivity contribution in [3.05, 3.63) is 47.7 Å². The molecule has 18 heavy (non-hydrogen) atoms. The minimum absolute atomic E-state index is 0.0345. The van der Waals surface area contributed by atoms with Crippen LogP contribution in [0.2, 0.25) is 5.02 Å². The predicted molar refractivity (Wildman–Crippen MR) is 71.6 cm³/mol. The summed E-state index contributed by atoms with van der Waals surface area (Å²) in [6, 6.07) is 8.92. The van der Waals surface area contributed by atoms with Gasteiger partial charge in [-0.2, -0.15) is 5.10 Å². The first-order valence-corrected chi connectivity index (χ1v) is 6.07. The van der Waals surface area contributed by atoms with Gasteiger partial charge in [0.05, 0.1) is 6.04 Å². The highest BCUT2D eigenvalue weighted by Crippen LogP contribution is 2.15. The average molecular weight is 264 g/mol. The highest BCUT2D eigenvalue weighted by Gasteiger charge is 2.10. The molecule has 0 aliphatic carbocycles.